The zero-order valence-corrected chi connectivity index (χ0v) is 10.9. The summed E-state index contributed by atoms with van der Waals surface area (Å²) in [5.41, 5.74) is 6.20. The summed E-state index contributed by atoms with van der Waals surface area (Å²) in [6.07, 6.45) is -4.42. The van der Waals surface area contributed by atoms with Gasteiger partial charge in [0.1, 0.15) is 0 Å². The summed E-state index contributed by atoms with van der Waals surface area (Å²) in [5.74, 6) is 0. The van der Waals surface area contributed by atoms with Gasteiger partial charge in [0.15, 0.2) is 0 Å². The van der Waals surface area contributed by atoms with Gasteiger partial charge in [0, 0.05) is 21.8 Å². The Kier molecular flexibility index (Phi) is 3.65. The molecule has 6 heteroatoms. The van der Waals surface area contributed by atoms with E-state index in [-0.39, 0.29) is 5.02 Å². The van der Waals surface area contributed by atoms with Crippen LogP contribution >= 0.6 is 23.2 Å². The Morgan fingerprint density at radius 3 is 1.84 bits per heavy atom. The van der Waals surface area contributed by atoms with Gasteiger partial charge in [0.05, 0.1) is 10.6 Å². The van der Waals surface area contributed by atoms with E-state index in [2.05, 4.69) is 0 Å². The van der Waals surface area contributed by atoms with Gasteiger partial charge in [-0.2, -0.15) is 13.2 Å². The predicted octanol–water partition coefficient (Wildman–Crippen LogP) is 5.26. The standard InChI is InChI=1S/C13H8Cl2F3N/c14-11-5-7(13(16,17)18)1-3-9(11)10-4-2-8(19)6-12(10)15/h1-6H,19H2. The van der Waals surface area contributed by atoms with Crippen molar-refractivity contribution in [2.24, 2.45) is 0 Å². The highest BCUT2D eigenvalue weighted by atomic mass is 35.5. The summed E-state index contributed by atoms with van der Waals surface area (Å²) in [5, 5.41) is 0.322. The molecule has 100 valence electrons. The van der Waals surface area contributed by atoms with Crippen LogP contribution in [-0.4, -0.2) is 0 Å². The van der Waals surface area contributed by atoms with E-state index in [1.807, 2.05) is 0 Å². The van der Waals surface area contributed by atoms with Gasteiger partial charge in [-0.15, -0.1) is 0 Å². The molecule has 2 aromatic carbocycles. The van der Waals surface area contributed by atoms with Gasteiger partial charge in [-0.1, -0.05) is 35.3 Å². The first-order valence-electron chi connectivity index (χ1n) is 5.21. The van der Waals surface area contributed by atoms with Crippen LogP contribution in [0.2, 0.25) is 10.0 Å². The summed E-state index contributed by atoms with van der Waals surface area (Å²) >= 11 is 11.9. The van der Waals surface area contributed by atoms with Gasteiger partial charge in [-0.3, -0.25) is 0 Å². The molecule has 0 spiro atoms. The Labute approximate surface area is 117 Å². The average Bonchev–Trinajstić information content (AvgIpc) is 2.28. The number of hydrogen-bond donors (Lipinski definition) is 1. The first-order chi connectivity index (χ1) is 8.79. The highest BCUT2D eigenvalue weighted by Crippen LogP contribution is 2.38. The number of hydrogen-bond acceptors (Lipinski definition) is 1. The van der Waals surface area contributed by atoms with Crippen molar-refractivity contribution < 1.29 is 13.2 Å². The molecule has 0 aliphatic rings. The SMILES string of the molecule is Nc1ccc(-c2ccc(C(F)(F)F)cc2Cl)c(Cl)c1. The van der Waals surface area contributed by atoms with Gasteiger partial charge >= 0.3 is 6.18 Å². The zero-order valence-electron chi connectivity index (χ0n) is 9.43. The van der Waals surface area contributed by atoms with Crippen molar-refractivity contribution in [3.8, 4) is 11.1 Å². The van der Waals surface area contributed by atoms with Crippen molar-refractivity contribution in [2.45, 2.75) is 6.18 Å². The minimum Gasteiger partial charge on any atom is -0.399 e. The first-order valence-corrected chi connectivity index (χ1v) is 5.97. The van der Waals surface area contributed by atoms with Crippen molar-refractivity contribution in [1.82, 2.24) is 0 Å². The van der Waals surface area contributed by atoms with E-state index in [1.54, 1.807) is 12.1 Å². The maximum atomic E-state index is 12.5. The summed E-state index contributed by atoms with van der Waals surface area (Å²) in [7, 11) is 0. The fourth-order valence-corrected chi connectivity index (χ4v) is 2.23. The molecule has 0 heterocycles. The molecule has 2 aromatic rings. The fraction of sp³-hybridized carbons (Fsp3) is 0.0769. The van der Waals surface area contributed by atoms with Crippen LogP contribution in [0.15, 0.2) is 36.4 Å². The van der Waals surface area contributed by atoms with Crippen LogP contribution in [0.5, 0.6) is 0 Å². The number of anilines is 1. The van der Waals surface area contributed by atoms with Crippen LogP contribution in [0.4, 0.5) is 18.9 Å². The molecule has 2 rings (SSSR count). The van der Waals surface area contributed by atoms with Gasteiger partial charge in [-0.25, -0.2) is 0 Å². The lowest BCUT2D eigenvalue weighted by Crippen LogP contribution is -2.04. The van der Waals surface area contributed by atoms with E-state index < -0.39 is 11.7 Å². The van der Waals surface area contributed by atoms with E-state index >= 15 is 0 Å². The van der Waals surface area contributed by atoms with Crippen LogP contribution in [-0.2, 0) is 6.18 Å². The summed E-state index contributed by atoms with van der Waals surface area (Å²) in [6, 6.07) is 7.88. The van der Waals surface area contributed by atoms with Crippen molar-refractivity contribution in [3.05, 3.63) is 52.0 Å². The van der Waals surface area contributed by atoms with Gasteiger partial charge in [-0.05, 0) is 24.3 Å². The molecular formula is C13H8Cl2F3N. The lowest BCUT2D eigenvalue weighted by atomic mass is 10.0. The largest absolute Gasteiger partial charge is 0.416 e. The minimum absolute atomic E-state index is 0.0125. The topological polar surface area (TPSA) is 26.0 Å². The number of halogens is 5. The third-order valence-corrected chi connectivity index (χ3v) is 3.21. The second-order valence-corrected chi connectivity index (χ2v) is 4.75. The van der Waals surface area contributed by atoms with E-state index in [9.17, 15) is 13.2 Å². The third-order valence-electron chi connectivity index (χ3n) is 2.58. The van der Waals surface area contributed by atoms with Crippen molar-refractivity contribution >= 4 is 28.9 Å². The molecule has 0 aromatic heterocycles. The highest BCUT2D eigenvalue weighted by molar-refractivity contribution is 6.36. The van der Waals surface area contributed by atoms with E-state index in [4.69, 9.17) is 28.9 Å². The molecular weight excluding hydrogens is 298 g/mol. The van der Waals surface area contributed by atoms with Crippen LogP contribution in [0.3, 0.4) is 0 Å². The molecule has 2 N–H and O–H groups in total. The Balaban J connectivity index is 2.52. The molecule has 0 saturated heterocycles. The molecule has 0 aliphatic heterocycles. The molecule has 0 saturated carbocycles. The van der Waals surface area contributed by atoms with E-state index in [1.165, 1.54) is 12.1 Å². The minimum atomic E-state index is -4.42. The normalized spacial score (nSPS) is 11.6. The monoisotopic (exact) mass is 305 g/mol. The average molecular weight is 306 g/mol. The smallest absolute Gasteiger partial charge is 0.399 e. The molecule has 0 amide bonds. The highest BCUT2D eigenvalue weighted by Gasteiger charge is 2.31. The fourth-order valence-electron chi connectivity index (χ4n) is 1.66. The summed E-state index contributed by atoms with van der Waals surface area (Å²) < 4.78 is 37.6. The second kappa shape index (κ2) is 4.94. The van der Waals surface area contributed by atoms with E-state index in [0.717, 1.165) is 12.1 Å². The van der Waals surface area contributed by atoms with Gasteiger partial charge in [0.25, 0.3) is 0 Å². The lowest BCUT2D eigenvalue weighted by molar-refractivity contribution is -0.137. The molecule has 19 heavy (non-hydrogen) atoms. The number of alkyl halides is 3. The molecule has 0 aliphatic carbocycles. The molecule has 1 nitrogen and oxygen atoms in total. The molecule has 0 atom stereocenters. The number of rotatable bonds is 1. The third kappa shape index (κ3) is 2.96. The maximum absolute atomic E-state index is 12.5. The molecule has 0 radical (unpaired) electrons. The quantitative estimate of drug-likeness (QED) is 0.714. The number of benzene rings is 2. The lowest BCUT2D eigenvalue weighted by Gasteiger charge is -2.11. The Hall–Kier alpha value is -1.39. The Bertz CT molecular complexity index is 624. The molecule has 0 unspecified atom stereocenters. The first kappa shape index (κ1) is 14.0. The Morgan fingerprint density at radius 1 is 0.842 bits per heavy atom. The van der Waals surface area contributed by atoms with Crippen LogP contribution in [0.25, 0.3) is 11.1 Å². The maximum Gasteiger partial charge on any atom is 0.416 e. The van der Waals surface area contributed by atoms with Gasteiger partial charge < -0.3 is 5.73 Å². The number of nitrogen functional groups attached to an aromatic ring is 1. The number of nitrogens with two attached hydrogens (primary N) is 1. The zero-order chi connectivity index (χ0) is 14.2. The summed E-state index contributed by atoms with van der Waals surface area (Å²) in [4.78, 5) is 0. The molecule has 0 fully saturated rings. The second-order valence-electron chi connectivity index (χ2n) is 3.93. The Morgan fingerprint density at radius 2 is 1.37 bits per heavy atom. The van der Waals surface area contributed by atoms with Crippen molar-refractivity contribution in [1.29, 1.82) is 0 Å². The summed E-state index contributed by atoms with van der Waals surface area (Å²) in [6.45, 7) is 0. The van der Waals surface area contributed by atoms with Gasteiger partial charge in [0.2, 0.25) is 0 Å². The van der Waals surface area contributed by atoms with Crippen molar-refractivity contribution in [2.75, 3.05) is 5.73 Å². The van der Waals surface area contributed by atoms with E-state index in [0.29, 0.717) is 21.8 Å². The van der Waals surface area contributed by atoms with Crippen LogP contribution in [0.1, 0.15) is 5.56 Å². The van der Waals surface area contributed by atoms with Crippen LogP contribution in [0, 0.1) is 0 Å². The van der Waals surface area contributed by atoms with Crippen molar-refractivity contribution in [3.63, 3.8) is 0 Å². The predicted molar refractivity (Wildman–Crippen MR) is 71.3 cm³/mol. The molecule has 0 bridgehead atoms. The van der Waals surface area contributed by atoms with Crippen LogP contribution < -0.4 is 5.73 Å².